The quantitative estimate of drug-likeness (QED) is 0.483. The number of hydrogen-bond donors (Lipinski definition) is 1. The Morgan fingerprint density at radius 2 is 1.92 bits per heavy atom. The first-order valence-corrected chi connectivity index (χ1v) is 8.23. The van der Waals surface area contributed by atoms with Crippen molar-refractivity contribution in [3.05, 3.63) is 29.8 Å². The van der Waals surface area contributed by atoms with Crippen LogP contribution in [0.3, 0.4) is 0 Å². The fourth-order valence-electron chi connectivity index (χ4n) is 2.72. The second-order valence-corrected chi connectivity index (χ2v) is 6.37. The smallest absolute Gasteiger partial charge is 0.309 e. The highest BCUT2D eigenvalue weighted by atomic mass is 16.2. The molecule has 0 aromatic heterocycles. The van der Waals surface area contributed by atoms with Crippen molar-refractivity contribution < 1.29 is 14.4 Å². The molecule has 1 aromatic carbocycles. The van der Waals surface area contributed by atoms with Crippen LogP contribution in [0.15, 0.2) is 29.3 Å². The van der Waals surface area contributed by atoms with E-state index in [0.29, 0.717) is 17.9 Å². The molecule has 0 saturated carbocycles. The van der Waals surface area contributed by atoms with Crippen molar-refractivity contribution in [3.63, 3.8) is 0 Å². The second-order valence-electron chi connectivity index (χ2n) is 6.37. The summed E-state index contributed by atoms with van der Waals surface area (Å²) in [6, 6.07) is 6.34. The van der Waals surface area contributed by atoms with Gasteiger partial charge in [-0.05, 0) is 52.5 Å². The van der Waals surface area contributed by atoms with Gasteiger partial charge in [0, 0.05) is 12.3 Å². The van der Waals surface area contributed by atoms with Crippen LogP contribution in [0.25, 0.3) is 0 Å². The number of urea groups is 1. The molecule has 1 saturated heterocycles. The number of amides is 4. The van der Waals surface area contributed by atoms with Crippen LogP contribution < -0.4 is 10.2 Å². The van der Waals surface area contributed by atoms with Gasteiger partial charge in [0.05, 0.1) is 5.69 Å². The van der Waals surface area contributed by atoms with Crippen molar-refractivity contribution in [1.29, 1.82) is 0 Å². The highest BCUT2D eigenvalue weighted by Gasteiger charge is 2.43. The Morgan fingerprint density at radius 1 is 1.24 bits per heavy atom. The summed E-state index contributed by atoms with van der Waals surface area (Å²) >= 11 is 0. The molecule has 0 unspecified atom stereocenters. The van der Waals surface area contributed by atoms with E-state index in [1.165, 1.54) is 0 Å². The first kappa shape index (κ1) is 18.8. The lowest BCUT2D eigenvalue weighted by molar-refractivity contribution is -0.131. The molecule has 7 heteroatoms. The lowest BCUT2D eigenvalue weighted by Crippen LogP contribution is -2.60. The van der Waals surface area contributed by atoms with Crippen LogP contribution >= 0.6 is 0 Å². The Bertz CT molecular complexity index is 712. The summed E-state index contributed by atoms with van der Waals surface area (Å²) in [4.78, 5) is 44.7. The van der Waals surface area contributed by atoms with Crippen LogP contribution in [0.2, 0.25) is 0 Å². The molecule has 1 aromatic rings. The van der Waals surface area contributed by atoms with E-state index in [-0.39, 0.29) is 0 Å². The molecule has 2 rings (SSSR count). The molecule has 1 fully saturated rings. The van der Waals surface area contributed by atoms with Gasteiger partial charge in [0.25, 0.3) is 5.91 Å². The number of barbiturate groups is 1. The number of imide groups is 2. The standard InChI is InChI=1S/C18H24N4O3/c1-12-8-5-6-9-14(12)22-17(24)15(16(23)20-18(22)25)13(2)19-10-7-11-21(3)4/h5-6,8-9,15H,7,10-11H2,1-4H3,(H,20,23,25)/t15-/m0/s1. The minimum absolute atomic E-state index is 0.423. The average molecular weight is 344 g/mol. The molecule has 4 amide bonds. The topological polar surface area (TPSA) is 82.1 Å². The van der Waals surface area contributed by atoms with Crippen LogP contribution in [0.4, 0.5) is 10.5 Å². The molecule has 1 aliphatic heterocycles. The third kappa shape index (κ3) is 4.30. The Labute approximate surface area is 147 Å². The normalized spacial score (nSPS) is 18.8. The van der Waals surface area contributed by atoms with Gasteiger partial charge in [-0.15, -0.1) is 0 Å². The molecule has 7 nitrogen and oxygen atoms in total. The minimum Gasteiger partial charge on any atom is -0.309 e. The summed E-state index contributed by atoms with van der Waals surface area (Å²) < 4.78 is 0. The van der Waals surface area contributed by atoms with Crippen molar-refractivity contribution >= 4 is 29.2 Å². The highest BCUT2D eigenvalue weighted by molar-refractivity contribution is 6.35. The summed E-state index contributed by atoms with van der Waals surface area (Å²) in [5.74, 6) is -2.25. The summed E-state index contributed by atoms with van der Waals surface area (Å²) in [5.41, 5.74) is 1.68. The van der Waals surface area contributed by atoms with Crippen LogP contribution in [-0.2, 0) is 9.59 Å². The Morgan fingerprint density at radius 3 is 2.56 bits per heavy atom. The van der Waals surface area contributed by atoms with Crippen molar-refractivity contribution in [1.82, 2.24) is 10.2 Å². The Hall–Kier alpha value is -2.54. The average Bonchev–Trinajstić information content (AvgIpc) is 2.52. The number of para-hydroxylation sites is 1. The van der Waals surface area contributed by atoms with Gasteiger partial charge in [-0.25, -0.2) is 9.69 Å². The third-order valence-corrected chi connectivity index (χ3v) is 4.06. The number of aliphatic imine (C=N–C) groups is 1. The summed E-state index contributed by atoms with van der Waals surface area (Å²) in [6.45, 7) is 4.86. The zero-order valence-electron chi connectivity index (χ0n) is 15.1. The van der Waals surface area contributed by atoms with Gasteiger partial charge in [-0.1, -0.05) is 18.2 Å². The van der Waals surface area contributed by atoms with E-state index in [0.717, 1.165) is 23.4 Å². The van der Waals surface area contributed by atoms with E-state index in [1.54, 1.807) is 19.1 Å². The number of nitrogens with zero attached hydrogens (tertiary/aromatic N) is 3. The fraction of sp³-hybridized carbons (Fsp3) is 0.444. The molecule has 134 valence electrons. The monoisotopic (exact) mass is 344 g/mol. The molecule has 1 heterocycles. The number of aryl methyl sites for hydroxylation is 1. The zero-order valence-corrected chi connectivity index (χ0v) is 15.1. The Balaban J connectivity index is 2.22. The maximum absolute atomic E-state index is 12.8. The van der Waals surface area contributed by atoms with Crippen molar-refractivity contribution in [2.24, 2.45) is 10.9 Å². The van der Waals surface area contributed by atoms with Crippen molar-refractivity contribution in [3.8, 4) is 0 Å². The van der Waals surface area contributed by atoms with E-state index < -0.39 is 23.8 Å². The van der Waals surface area contributed by atoms with Gasteiger partial charge in [-0.2, -0.15) is 0 Å². The van der Waals surface area contributed by atoms with Crippen LogP contribution in [-0.4, -0.2) is 55.6 Å². The number of rotatable bonds is 6. The highest BCUT2D eigenvalue weighted by Crippen LogP contribution is 2.24. The van der Waals surface area contributed by atoms with E-state index in [1.807, 2.05) is 38.1 Å². The number of benzene rings is 1. The zero-order chi connectivity index (χ0) is 18.6. The van der Waals surface area contributed by atoms with E-state index in [2.05, 4.69) is 10.3 Å². The summed E-state index contributed by atoms with van der Waals surface area (Å²) in [6.07, 6.45) is 0.827. The second kappa shape index (κ2) is 8.02. The summed E-state index contributed by atoms with van der Waals surface area (Å²) in [7, 11) is 3.95. The van der Waals surface area contributed by atoms with Crippen LogP contribution in [0, 0.1) is 12.8 Å². The number of anilines is 1. The number of hydrogen-bond acceptors (Lipinski definition) is 5. The SMILES string of the molecule is CC(=NCCCN(C)C)[C@H]1C(=O)NC(=O)N(c2ccccc2C)C1=O. The van der Waals surface area contributed by atoms with Gasteiger partial charge in [0.15, 0.2) is 5.92 Å². The predicted molar refractivity (Wildman–Crippen MR) is 96.8 cm³/mol. The van der Waals surface area contributed by atoms with E-state index >= 15 is 0 Å². The molecule has 1 aliphatic rings. The molecule has 1 N–H and O–H groups in total. The minimum atomic E-state index is -1.07. The predicted octanol–water partition coefficient (Wildman–Crippen LogP) is 1.61. The van der Waals surface area contributed by atoms with Gasteiger partial charge < -0.3 is 4.90 Å². The molecule has 0 spiro atoms. The number of carbonyl (C=O) groups is 3. The first-order valence-electron chi connectivity index (χ1n) is 8.23. The number of nitrogens with one attached hydrogen (secondary N) is 1. The summed E-state index contributed by atoms with van der Waals surface area (Å²) in [5, 5.41) is 2.26. The van der Waals surface area contributed by atoms with Crippen LogP contribution in [0.1, 0.15) is 18.9 Å². The first-order chi connectivity index (χ1) is 11.8. The molecule has 25 heavy (non-hydrogen) atoms. The maximum atomic E-state index is 12.8. The lowest BCUT2D eigenvalue weighted by atomic mass is 9.98. The molecular formula is C18H24N4O3. The van der Waals surface area contributed by atoms with Gasteiger partial charge in [-0.3, -0.25) is 19.9 Å². The Kier molecular flexibility index (Phi) is 6.03. The van der Waals surface area contributed by atoms with Crippen molar-refractivity contribution in [2.45, 2.75) is 20.3 Å². The lowest BCUT2D eigenvalue weighted by Gasteiger charge is -2.31. The van der Waals surface area contributed by atoms with Gasteiger partial charge >= 0.3 is 6.03 Å². The third-order valence-electron chi connectivity index (χ3n) is 4.06. The van der Waals surface area contributed by atoms with E-state index in [4.69, 9.17) is 0 Å². The van der Waals surface area contributed by atoms with E-state index in [9.17, 15) is 14.4 Å². The molecule has 0 bridgehead atoms. The fourth-order valence-corrected chi connectivity index (χ4v) is 2.72. The molecule has 0 aliphatic carbocycles. The van der Waals surface area contributed by atoms with Gasteiger partial charge in [0.1, 0.15) is 0 Å². The van der Waals surface area contributed by atoms with Crippen LogP contribution in [0.5, 0.6) is 0 Å². The number of carbonyl (C=O) groups excluding carboxylic acids is 3. The molecular weight excluding hydrogens is 320 g/mol. The maximum Gasteiger partial charge on any atom is 0.335 e. The largest absolute Gasteiger partial charge is 0.335 e. The molecule has 1 atom stereocenters. The van der Waals surface area contributed by atoms with Crippen molar-refractivity contribution in [2.75, 3.05) is 32.1 Å². The van der Waals surface area contributed by atoms with Gasteiger partial charge in [0.2, 0.25) is 5.91 Å². The molecule has 0 radical (unpaired) electrons.